The second-order valence-electron chi connectivity index (χ2n) is 12.3. The van der Waals surface area contributed by atoms with Crippen LogP contribution in [-0.2, 0) is 52.7 Å². The van der Waals surface area contributed by atoms with Gasteiger partial charge in [0, 0.05) is 25.2 Å². The summed E-state index contributed by atoms with van der Waals surface area (Å²) in [6, 6.07) is 0. The Labute approximate surface area is 308 Å². The lowest BCUT2D eigenvalue weighted by atomic mass is 9.78. The molecule has 7 N–H and O–H groups in total. The van der Waals surface area contributed by atoms with Crippen LogP contribution in [0.3, 0.4) is 0 Å². The summed E-state index contributed by atoms with van der Waals surface area (Å²) in [6.07, 6.45) is 7.50. The standard InChI is InChI=1S/C9H16O3.C9H14O3.C8H14O4.C7H12O4.2CO2/c2*1-2-6-5-7(9(11)12)3-4-8(6)10;1-2-3-6(8(11)12)4-5-7(9)10;1-2-5(7(10)11)3-4-6(8)9;2*2-1-3/h6-8,10H,2-5H2,1H3,(H,11,12);6-7H,2-5H2,1H3,(H,11,12);6H,2-5H2,1H3,(H,9,10)(H,11,12);5H,2-4H2,1H3,(H,8,9)(H,10,11);;. The highest BCUT2D eigenvalue weighted by Gasteiger charge is 2.32. The third-order valence-electron chi connectivity index (χ3n) is 8.66. The average Bonchev–Trinajstić information content (AvgIpc) is 3.08. The fourth-order valence-electron chi connectivity index (χ4n) is 5.48. The van der Waals surface area contributed by atoms with Gasteiger partial charge >= 0.3 is 48.1 Å². The third kappa shape index (κ3) is 30.5. The van der Waals surface area contributed by atoms with Gasteiger partial charge in [-0.3, -0.25) is 33.6 Å². The van der Waals surface area contributed by atoms with Crippen molar-refractivity contribution in [3.05, 3.63) is 0 Å². The molecule has 0 aliphatic heterocycles. The number of carbonyl (C=O) groups excluding carboxylic acids is 5. The van der Waals surface area contributed by atoms with Gasteiger partial charge in [0.1, 0.15) is 5.78 Å². The molecular formula is C35H56O18. The van der Waals surface area contributed by atoms with E-state index < -0.39 is 47.7 Å². The van der Waals surface area contributed by atoms with Crippen molar-refractivity contribution in [1.82, 2.24) is 0 Å². The van der Waals surface area contributed by atoms with Crippen LogP contribution in [0.1, 0.15) is 124 Å². The van der Waals surface area contributed by atoms with Crippen LogP contribution >= 0.6 is 0 Å². The molecule has 0 bridgehead atoms. The van der Waals surface area contributed by atoms with Crippen molar-refractivity contribution in [2.75, 3.05) is 0 Å². The van der Waals surface area contributed by atoms with E-state index in [0.717, 1.165) is 19.3 Å². The van der Waals surface area contributed by atoms with Crippen molar-refractivity contribution in [2.24, 2.45) is 35.5 Å². The molecule has 0 aromatic carbocycles. The highest BCUT2D eigenvalue weighted by molar-refractivity contribution is 5.84. The molecule has 2 rings (SSSR count). The summed E-state index contributed by atoms with van der Waals surface area (Å²) in [5, 5.41) is 60.6. The number of aliphatic hydroxyl groups is 1. The van der Waals surface area contributed by atoms with Gasteiger partial charge in [-0.1, -0.05) is 40.5 Å². The first-order valence-corrected chi connectivity index (χ1v) is 17.3. The van der Waals surface area contributed by atoms with Gasteiger partial charge in [-0.15, -0.1) is 0 Å². The van der Waals surface area contributed by atoms with Crippen LogP contribution in [-0.4, -0.2) is 95.8 Å². The topological polar surface area (TPSA) is 329 Å². The summed E-state index contributed by atoms with van der Waals surface area (Å²) in [7, 11) is 0. The van der Waals surface area contributed by atoms with Crippen LogP contribution in [0.2, 0.25) is 0 Å². The van der Waals surface area contributed by atoms with E-state index in [1.54, 1.807) is 6.92 Å². The number of aliphatic carboxylic acids is 6. The third-order valence-corrected chi connectivity index (χ3v) is 8.66. The number of carboxylic acids is 6. The molecule has 0 aromatic heterocycles. The molecule has 0 heterocycles. The normalized spacial score (nSPS) is 20.8. The van der Waals surface area contributed by atoms with Crippen LogP contribution in [0, 0.1) is 35.5 Å². The molecule has 18 heteroatoms. The number of carbonyl (C=O) groups is 7. The Morgan fingerprint density at radius 1 is 0.642 bits per heavy atom. The molecule has 53 heavy (non-hydrogen) atoms. The molecule has 2 saturated carbocycles. The zero-order valence-corrected chi connectivity index (χ0v) is 30.8. The van der Waals surface area contributed by atoms with Gasteiger partial charge in [-0.25, -0.2) is 0 Å². The first-order chi connectivity index (χ1) is 24.8. The summed E-state index contributed by atoms with van der Waals surface area (Å²) in [5.41, 5.74) is 0. The molecule has 0 amide bonds. The Morgan fingerprint density at radius 2 is 1.08 bits per heavy atom. The van der Waals surface area contributed by atoms with Crippen LogP contribution in [0.5, 0.6) is 0 Å². The Bertz CT molecular complexity index is 1150. The molecule has 0 aromatic rings. The van der Waals surface area contributed by atoms with Gasteiger partial charge in [-0.2, -0.15) is 19.2 Å². The maximum absolute atomic E-state index is 11.2. The number of aliphatic hydroxyl groups excluding tert-OH is 1. The van der Waals surface area contributed by atoms with Gasteiger partial charge in [0.15, 0.2) is 0 Å². The minimum absolute atomic E-state index is 0.000139. The van der Waals surface area contributed by atoms with Crippen LogP contribution in [0.15, 0.2) is 0 Å². The zero-order chi connectivity index (χ0) is 42.1. The van der Waals surface area contributed by atoms with Crippen LogP contribution < -0.4 is 0 Å². The smallest absolute Gasteiger partial charge is 0.373 e. The SMILES string of the molecule is CCC(CCC(=O)O)C(=O)O.CCC1CC(C(=O)O)CCC1=O.CCC1CC(C(=O)O)CCC1O.CCCC(CCC(=O)O)C(=O)O.O=C=O.O=C=O. The second kappa shape index (κ2) is 34.3. The quantitative estimate of drug-likeness (QED) is 0.124. The number of ketones is 1. The van der Waals surface area contributed by atoms with Crippen LogP contribution in [0.25, 0.3) is 0 Å². The van der Waals surface area contributed by atoms with Crippen molar-refractivity contribution in [1.29, 1.82) is 0 Å². The van der Waals surface area contributed by atoms with Crippen molar-refractivity contribution >= 4 is 53.9 Å². The molecule has 2 aliphatic carbocycles. The minimum atomic E-state index is -0.940. The lowest BCUT2D eigenvalue weighted by molar-refractivity contribution is -0.193. The van der Waals surface area contributed by atoms with Crippen molar-refractivity contribution in [2.45, 2.75) is 130 Å². The molecule has 0 saturated heterocycles. The van der Waals surface area contributed by atoms with Gasteiger partial charge in [0.05, 0.1) is 29.8 Å². The van der Waals surface area contributed by atoms with E-state index in [1.165, 1.54) is 0 Å². The van der Waals surface area contributed by atoms with E-state index in [0.29, 0.717) is 51.4 Å². The Balaban J connectivity index is -0.000000287. The second-order valence-corrected chi connectivity index (χ2v) is 12.3. The summed E-state index contributed by atoms with van der Waals surface area (Å²) < 4.78 is 0. The predicted octanol–water partition coefficient (Wildman–Crippen LogP) is 3.87. The van der Waals surface area contributed by atoms with Crippen LogP contribution in [0.4, 0.5) is 0 Å². The first kappa shape index (κ1) is 55.0. The maximum atomic E-state index is 11.2. The number of rotatable bonds is 15. The molecule has 18 nitrogen and oxygen atoms in total. The fourth-order valence-corrected chi connectivity index (χ4v) is 5.48. The van der Waals surface area contributed by atoms with Crippen molar-refractivity contribution in [3.63, 3.8) is 0 Å². The Kier molecular flexibility index (Phi) is 35.6. The summed E-state index contributed by atoms with van der Waals surface area (Å²) in [5.74, 6) is -6.20. The number of hydrogen-bond donors (Lipinski definition) is 7. The lowest BCUT2D eigenvalue weighted by Gasteiger charge is -2.30. The molecule has 7 atom stereocenters. The largest absolute Gasteiger partial charge is 0.481 e. The van der Waals surface area contributed by atoms with E-state index in [4.69, 9.17) is 49.8 Å². The summed E-state index contributed by atoms with van der Waals surface area (Å²) >= 11 is 0. The van der Waals surface area contributed by atoms with Crippen molar-refractivity contribution in [3.8, 4) is 0 Å². The van der Waals surface area contributed by atoms with Gasteiger partial charge in [0.2, 0.25) is 0 Å². The van der Waals surface area contributed by atoms with Gasteiger partial charge < -0.3 is 35.7 Å². The first-order valence-electron chi connectivity index (χ1n) is 17.3. The average molecular weight is 765 g/mol. The highest BCUT2D eigenvalue weighted by atomic mass is 16.4. The predicted molar refractivity (Wildman–Crippen MR) is 180 cm³/mol. The minimum Gasteiger partial charge on any atom is -0.481 e. The lowest BCUT2D eigenvalue weighted by Crippen LogP contribution is -2.32. The number of hydrogen-bond acceptors (Lipinski definition) is 12. The highest BCUT2D eigenvalue weighted by Crippen LogP contribution is 2.31. The molecule has 0 spiro atoms. The van der Waals surface area contributed by atoms with Gasteiger partial charge in [-0.05, 0) is 70.1 Å². The summed E-state index contributed by atoms with van der Waals surface area (Å²) in [6.45, 7) is 7.56. The fraction of sp³-hybridized carbons (Fsp3) is 0.743. The van der Waals surface area contributed by atoms with E-state index in [-0.39, 0.29) is 73.5 Å². The number of carboxylic acid groups (broad SMARTS) is 6. The molecule has 7 unspecified atom stereocenters. The Hall–Kier alpha value is -4.79. The van der Waals surface area contributed by atoms with Crippen molar-refractivity contribution < 1.29 is 88.5 Å². The van der Waals surface area contributed by atoms with E-state index >= 15 is 0 Å². The molecule has 2 aliphatic rings. The van der Waals surface area contributed by atoms with E-state index in [2.05, 4.69) is 0 Å². The zero-order valence-electron chi connectivity index (χ0n) is 30.8. The van der Waals surface area contributed by atoms with Gasteiger partial charge in [0.25, 0.3) is 0 Å². The molecule has 0 radical (unpaired) electrons. The Morgan fingerprint density at radius 3 is 1.42 bits per heavy atom. The maximum Gasteiger partial charge on any atom is 0.373 e. The summed E-state index contributed by atoms with van der Waals surface area (Å²) in [4.78, 5) is 106. The molecule has 2 fully saturated rings. The monoisotopic (exact) mass is 764 g/mol. The molecule has 304 valence electrons. The van der Waals surface area contributed by atoms with E-state index in [9.17, 15) is 38.7 Å². The number of Topliss-reactive ketones (excluding diaryl/α,β-unsaturated/α-hetero) is 1. The van der Waals surface area contributed by atoms with E-state index in [1.807, 2.05) is 20.8 Å². The molecular weight excluding hydrogens is 708 g/mol.